The molecule has 0 aliphatic heterocycles. The van der Waals surface area contributed by atoms with Gasteiger partial charge in [0.25, 0.3) is 0 Å². The van der Waals surface area contributed by atoms with Crippen LogP contribution >= 0.6 is 0 Å². The number of aliphatic hydroxyl groups excluding tert-OH is 2. The molecule has 0 bridgehead atoms. The number of hydrogen-bond acceptors (Lipinski definition) is 4. The van der Waals surface area contributed by atoms with Gasteiger partial charge in [-0.05, 0) is 6.42 Å². The van der Waals surface area contributed by atoms with Crippen LogP contribution in [-0.2, 0) is 9.59 Å². The Bertz CT molecular complexity index is 212. The molecule has 68 valence electrons. The zero-order valence-corrected chi connectivity index (χ0v) is 6.30. The summed E-state index contributed by atoms with van der Waals surface area (Å²) in [7, 11) is 0. The lowest BCUT2D eigenvalue weighted by atomic mass is 9.84. The minimum atomic E-state index is -1.40. The summed E-state index contributed by atoms with van der Waals surface area (Å²) in [5.41, 5.74) is 0. The molecule has 0 saturated heterocycles. The fraction of sp³-hybridized carbons (Fsp3) is 0.714. The summed E-state index contributed by atoms with van der Waals surface area (Å²) in [6, 6.07) is 0. The van der Waals surface area contributed by atoms with Gasteiger partial charge in [-0.2, -0.15) is 0 Å². The minimum absolute atomic E-state index is 0.0533. The summed E-state index contributed by atoms with van der Waals surface area (Å²) >= 11 is 0. The van der Waals surface area contributed by atoms with Gasteiger partial charge in [-0.15, -0.1) is 0 Å². The first kappa shape index (κ1) is 9.15. The molecule has 12 heavy (non-hydrogen) atoms. The number of ketones is 1. The van der Waals surface area contributed by atoms with E-state index in [-0.39, 0.29) is 12.8 Å². The maximum absolute atomic E-state index is 10.8. The molecule has 3 atom stereocenters. The molecule has 1 aliphatic rings. The highest BCUT2D eigenvalue weighted by Crippen LogP contribution is 2.22. The van der Waals surface area contributed by atoms with Gasteiger partial charge in [0.2, 0.25) is 0 Å². The molecule has 0 radical (unpaired) electrons. The van der Waals surface area contributed by atoms with Crippen molar-refractivity contribution in [1.82, 2.24) is 0 Å². The quantitative estimate of drug-likeness (QED) is 0.462. The molecule has 1 fully saturated rings. The summed E-state index contributed by atoms with van der Waals surface area (Å²) in [5, 5.41) is 26.5. The van der Waals surface area contributed by atoms with Gasteiger partial charge in [0, 0.05) is 6.42 Å². The van der Waals surface area contributed by atoms with Crippen molar-refractivity contribution in [2.45, 2.75) is 25.0 Å². The highest BCUT2D eigenvalue weighted by Gasteiger charge is 2.37. The van der Waals surface area contributed by atoms with Crippen molar-refractivity contribution in [2.75, 3.05) is 0 Å². The number of hydrogen-bond donors (Lipinski definition) is 3. The van der Waals surface area contributed by atoms with Crippen LogP contribution in [0, 0.1) is 5.92 Å². The van der Waals surface area contributed by atoms with E-state index in [1.54, 1.807) is 0 Å². The Morgan fingerprint density at radius 3 is 2.42 bits per heavy atom. The lowest BCUT2D eigenvalue weighted by Gasteiger charge is -2.26. The Morgan fingerprint density at radius 2 is 2.00 bits per heavy atom. The van der Waals surface area contributed by atoms with Crippen LogP contribution in [0.4, 0.5) is 0 Å². The molecule has 5 nitrogen and oxygen atoms in total. The predicted octanol–water partition coefficient (Wildman–Crippen LogP) is -1.23. The van der Waals surface area contributed by atoms with E-state index >= 15 is 0 Å². The van der Waals surface area contributed by atoms with E-state index in [2.05, 4.69) is 0 Å². The average Bonchev–Trinajstić information content (AvgIpc) is 1.99. The van der Waals surface area contributed by atoms with Gasteiger partial charge in [-0.25, -0.2) is 0 Å². The van der Waals surface area contributed by atoms with Crippen LogP contribution < -0.4 is 0 Å². The first-order valence-corrected chi connectivity index (χ1v) is 3.64. The molecule has 0 heterocycles. The van der Waals surface area contributed by atoms with E-state index in [0.717, 1.165) is 0 Å². The largest absolute Gasteiger partial charge is 0.481 e. The Hall–Kier alpha value is -0.940. The summed E-state index contributed by atoms with van der Waals surface area (Å²) in [4.78, 5) is 21.3. The Balaban J connectivity index is 2.66. The van der Waals surface area contributed by atoms with Crippen molar-refractivity contribution < 1.29 is 24.9 Å². The van der Waals surface area contributed by atoms with Crippen molar-refractivity contribution >= 4 is 11.8 Å². The second-order valence-corrected chi connectivity index (χ2v) is 2.95. The zero-order valence-electron chi connectivity index (χ0n) is 6.30. The number of carbonyl (C=O) groups excluding carboxylic acids is 1. The van der Waals surface area contributed by atoms with Crippen molar-refractivity contribution in [3.05, 3.63) is 0 Å². The number of carboxylic acids is 1. The molecule has 1 aliphatic carbocycles. The van der Waals surface area contributed by atoms with Gasteiger partial charge >= 0.3 is 5.97 Å². The van der Waals surface area contributed by atoms with Gasteiger partial charge < -0.3 is 15.3 Å². The maximum atomic E-state index is 10.8. The lowest BCUT2D eigenvalue weighted by molar-refractivity contribution is -0.153. The SMILES string of the molecule is O=C(O)[C@@H]1CC(=O)[C@@H](O)[C@H](O)C1. The predicted molar refractivity (Wildman–Crippen MR) is 37.4 cm³/mol. The van der Waals surface area contributed by atoms with E-state index in [1.165, 1.54) is 0 Å². The Morgan fingerprint density at radius 1 is 1.42 bits per heavy atom. The van der Waals surface area contributed by atoms with Crippen molar-refractivity contribution in [3.8, 4) is 0 Å². The minimum Gasteiger partial charge on any atom is -0.481 e. The van der Waals surface area contributed by atoms with Gasteiger partial charge in [0.1, 0.15) is 6.10 Å². The zero-order chi connectivity index (χ0) is 9.30. The number of carbonyl (C=O) groups is 2. The lowest BCUT2D eigenvalue weighted by Crippen LogP contribution is -2.43. The number of Topliss-reactive ketones (excluding diaryl/α,β-unsaturated/α-hetero) is 1. The molecule has 0 spiro atoms. The topological polar surface area (TPSA) is 94.8 Å². The number of carboxylic acid groups (broad SMARTS) is 1. The van der Waals surface area contributed by atoms with Gasteiger partial charge in [0.15, 0.2) is 5.78 Å². The average molecular weight is 174 g/mol. The van der Waals surface area contributed by atoms with E-state index in [9.17, 15) is 9.59 Å². The third-order valence-corrected chi connectivity index (χ3v) is 2.02. The molecular formula is C7H10O5. The standard InChI is InChI=1S/C7H10O5/c8-4-1-3(7(11)12)2-5(9)6(4)10/h3-4,6,8,10H,1-2H2,(H,11,12)/t3-,4+,6-/m0/s1. The molecule has 1 saturated carbocycles. The summed E-state index contributed by atoms with van der Waals surface area (Å²) < 4.78 is 0. The highest BCUT2D eigenvalue weighted by atomic mass is 16.4. The summed E-state index contributed by atoms with van der Waals surface area (Å²) in [6.07, 6.45) is -2.87. The molecular weight excluding hydrogens is 164 g/mol. The molecule has 0 unspecified atom stereocenters. The summed E-state index contributed by atoms with van der Waals surface area (Å²) in [5.74, 6) is -2.55. The third kappa shape index (κ3) is 1.62. The first-order valence-electron chi connectivity index (χ1n) is 3.64. The van der Waals surface area contributed by atoms with Crippen LogP contribution in [-0.4, -0.2) is 39.3 Å². The number of rotatable bonds is 1. The van der Waals surface area contributed by atoms with Crippen LogP contribution in [0.25, 0.3) is 0 Å². The van der Waals surface area contributed by atoms with E-state index in [1.807, 2.05) is 0 Å². The highest BCUT2D eigenvalue weighted by molar-refractivity contribution is 5.88. The van der Waals surface area contributed by atoms with Crippen LogP contribution in [0.3, 0.4) is 0 Å². The molecule has 0 aromatic rings. The van der Waals surface area contributed by atoms with E-state index in [0.29, 0.717) is 0 Å². The van der Waals surface area contributed by atoms with Gasteiger partial charge in [-0.1, -0.05) is 0 Å². The third-order valence-electron chi connectivity index (χ3n) is 2.02. The smallest absolute Gasteiger partial charge is 0.307 e. The van der Waals surface area contributed by atoms with Crippen LogP contribution in [0.2, 0.25) is 0 Å². The van der Waals surface area contributed by atoms with Crippen LogP contribution in [0.5, 0.6) is 0 Å². The molecule has 3 N–H and O–H groups in total. The molecule has 5 heteroatoms. The van der Waals surface area contributed by atoms with Gasteiger partial charge in [-0.3, -0.25) is 9.59 Å². The normalized spacial score (nSPS) is 36.5. The van der Waals surface area contributed by atoms with Crippen LogP contribution in [0.1, 0.15) is 12.8 Å². The molecule has 1 rings (SSSR count). The van der Waals surface area contributed by atoms with Crippen molar-refractivity contribution in [1.29, 1.82) is 0 Å². The van der Waals surface area contributed by atoms with E-state index < -0.39 is 29.9 Å². The van der Waals surface area contributed by atoms with Crippen molar-refractivity contribution in [2.24, 2.45) is 5.92 Å². The summed E-state index contributed by atoms with van der Waals surface area (Å²) in [6.45, 7) is 0. The molecule has 0 amide bonds. The Kier molecular flexibility index (Phi) is 2.44. The van der Waals surface area contributed by atoms with E-state index in [4.69, 9.17) is 15.3 Å². The Labute approximate surface area is 68.6 Å². The first-order chi connectivity index (χ1) is 5.52. The fourth-order valence-electron chi connectivity index (χ4n) is 1.27. The molecule has 0 aromatic heterocycles. The number of aliphatic hydroxyl groups is 2. The van der Waals surface area contributed by atoms with Gasteiger partial charge in [0.05, 0.1) is 12.0 Å². The molecule has 0 aromatic carbocycles. The maximum Gasteiger partial charge on any atom is 0.307 e. The number of aliphatic carboxylic acids is 1. The van der Waals surface area contributed by atoms with Crippen LogP contribution in [0.15, 0.2) is 0 Å². The second kappa shape index (κ2) is 3.20. The monoisotopic (exact) mass is 174 g/mol. The fourth-order valence-corrected chi connectivity index (χ4v) is 1.27. The van der Waals surface area contributed by atoms with Crippen molar-refractivity contribution in [3.63, 3.8) is 0 Å². The second-order valence-electron chi connectivity index (χ2n) is 2.95.